The van der Waals surface area contributed by atoms with E-state index in [4.69, 9.17) is 9.52 Å². The number of H-pyrrole nitrogens is 1. The second-order valence-corrected chi connectivity index (χ2v) is 4.16. The van der Waals surface area contributed by atoms with Crippen molar-refractivity contribution in [1.29, 1.82) is 0 Å². The van der Waals surface area contributed by atoms with E-state index in [2.05, 4.69) is 10.2 Å². The molecule has 6 nitrogen and oxygen atoms in total. The van der Waals surface area contributed by atoms with Crippen LogP contribution in [0, 0.1) is 0 Å². The number of furan rings is 1. The standard InChI is InChI=1S/C13H17N3O3/c1-2-5-16(6-7-17)13(18)11-9-10(14-15-11)12-4-3-8-19-12/h3-4,8-9,17H,2,5-7H2,1H3,(H,14,15). The molecule has 0 fully saturated rings. The third kappa shape index (κ3) is 3.03. The van der Waals surface area contributed by atoms with E-state index in [9.17, 15) is 4.79 Å². The highest BCUT2D eigenvalue weighted by molar-refractivity contribution is 5.93. The number of carbonyl (C=O) groups excluding carboxylic acids is 1. The number of nitrogens with one attached hydrogen (secondary N) is 1. The molecule has 0 aliphatic carbocycles. The van der Waals surface area contributed by atoms with Crippen molar-refractivity contribution in [3.8, 4) is 11.5 Å². The van der Waals surface area contributed by atoms with E-state index >= 15 is 0 Å². The van der Waals surface area contributed by atoms with Crippen molar-refractivity contribution in [1.82, 2.24) is 15.1 Å². The van der Waals surface area contributed by atoms with E-state index in [1.807, 2.05) is 6.92 Å². The zero-order chi connectivity index (χ0) is 13.7. The van der Waals surface area contributed by atoms with Crippen LogP contribution in [-0.2, 0) is 0 Å². The number of hydrogen-bond acceptors (Lipinski definition) is 4. The number of aliphatic hydroxyl groups is 1. The largest absolute Gasteiger partial charge is 0.463 e. The van der Waals surface area contributed by atoms with Gasteiger partial charge >= 0.3 is 0 Å². The molecule has 0 radical (unpaired) electrons. The van der Waals surface area contributed by atoms with Crippen LogP contribution >= 0.6 is 0 Å². The maximum Gasteiger partial charge on any atom is 0.274 e. The molecule has 1 amide bonds. The Morgan fingerprint density at radius 2 is 2.37 bits per heavy atom. The van der Waals surface area contributed by atoms with Crippen molar-refractivity contribution in [2.24, 2.45) is 0 Å². The van der Waals surface area contributed by atoms with Gasteiger partial charge in [-0.2, -0.15) is 5.10 Å². The summed E-state index contributed by atoms with van der Waals surface area (Å²) in [7, 11) is 0. The molecule has 0 atom stereocenters. The van der Waals surface area contributed by atoms with Crippen molar-refractivity contribution in [3.63, 3.8) is 0 Å². The average molecular weight is 263 g/mol. The van der Waals surface area contributed by atoms with Gasteiger partial charge < -0.3 is 14.4 Å². The number of amides is 1. The van der Waals surface area contributed by atoms with E-state index in [0.717, 1.165) is 6.42 Å². The fraction of sp³-hybridized carbons (Fsp3) is 0.385. The lowest BCUT2D eigenvalue weighted by Gasteiger charge is -2.19. The lowest BCUT2D eigenvalue weighted by atomic mass is 10.2. The van der Waals surface area contributed by atoms with Crippen LogP contribution in [0.2, 0.25) is 0 Å². The first-order chi connectivity index (χ1) is 9.26. The van der Waals surface area contributed by atoms with Crippen LogP contribution in [0.3, 0.4) is 0 Å². The van der Waals surface area contributed by atoms with Gasteiger partial charge in [-0.3, -0.25) is 9.89 Å². The third-order valence-corrected chi connectivity index (χ3v) is 2.73. The molecule has 2 N–H and O–H groups in total. The van der Waals surface area contributed by atoms with Crippen molar-refractivity contribution < 1.29 is 14.3 Å². The van der Waals surface area contributed by atoms with Crippen LogP contribution < -0.4 is 0 Å². The number of aromatic amines is 1. The summed E-state index contributed by atoms with van der Waals surface area (Å²) < 4.78 is 5.23. The van der Waals surface area contributed by atoms with Crippen molar-refractivity contribution >= 4 is 5.91 Å². The molecule has 2 heterocycles. The second kappa shape index (κ2) is 6.19. The first-order valence-corrected chi connectivity index (χ1v) is 6.25. The first kappa shape index (κ1) is 13.4. The summed E-state index contributed by atoms with van der Waals surface area (Å²) in [4.78, 5) is 13.8. The number of aliphatic hydroxyl groups excluding tert-OH is 1. The molecule has 0 unspecified atom stereocenters. The van der Waals surface area contributed by atoms with Gasteiger partial charge in [-0.15, -0.1) is 0 Å². The first-order valence-electron chi connectivity index (χ1n) is 6.25. The zero-order valence-corrected chi connectivity index (χ0v) is 10.8. The maximum absolute atomic E-state index is 12.2. The smallest absolute Gasteiger partial charge is 0.274 e. The normalized spacial score (nSPS) is 10.6. The molecule has 0 aliphatic heterocycles. The topological polar surface area (TPSA) is 82.4 Å². The number of aromatic nitrogens is 2. The summed E-state index contributed by atoms with van der Waals surface area (Å²) in [6.45, 7) is 2.84. The van der Waals surface area contributed by atoms with Gasteiger partial charge in [0.25, 0.3) is 5.91 Å². The molecule has 0 spiro atoms. The Morgan fingerprint density at radius 3 is 3.00 bits per heavy atom. The average Bonchev–Trinajstić information content (AvgIpc) is 3.08. The fourth-order valence-corrected chi connectivity index (χ4v) is 1.86. The molecule has 0 aromatic carbocycles. The molecule has 0 bridgehead atoms. The zero-order valence-electron chi connectivity index (χ0n) is 10.8. The molecule has 2 aromatic rings. The lowest BCUT2D eigenvalue weighted by Crippen LogP contribution is -2.34. The van der Waals surface area contributed by atoms with Gasteiger partial charge in [0.2, 0.25) is 0 Å². The summed E-state index contributed by atoms with van der Waals surface area (Å²) in [5, 5.41) is 15.8. The predicted octanol–water partition coefficient (Wildman–Crippen LogP) is 1.51. The minimum atomic E-state index is -0.190. The van der Waals surface area contributed by atoms with Gasteiger partial charge in [0, 0.05) is 19.2 Å². The summed E-state index contributed by atoms with van der Waals surface area (Å²) in [5.74, 6) is 0.445. The molecule has 0 aliphatic rings. The molecular weight excluding hydrogens is 246 g/mol. The van der Waals surface area contributed by atoms with Gasteiger partial charge in [0.1, 0.15) is 5.69 Å². The van der Waals surface area contributed by atoms with E-state index in [0.29, 0.717) is 30.2 Å². The Morgan fingerprint density at radius 1 is 1.53 bits per heavy atom. The molecule has 2 aromatic heterocycles. The molecule has 102 valence electrons. The molecule has 6 heteroatoms. The number of nitrogens with zero attached hydrogens (tertiary/aromatic N) is 2. The summed E-state index contributed by atoms with van der Waals surface area (Å²) in [6.07, 6.45) is 2.40. The van der Waals surface area contributed by atoms with E-state index in [1.54, 1.807) is 29.4 Å². The summed E-state index contributed by atoms with van der Waals surface area (Å²) in [6, 6.07) is 5.22. The molecule has 19 heavy (non-hydrogen) atoms. The molecule has 0 saturated heterocycles. The minimum absolute atomic E-state index is 0.0544. The quantitative estimate of drug-likeness (QED) is 0.827. The van der Waals surface area contributed by atoms with Gasteiger partial charge in [-0.1, -0.05) is 6.92 Å². The minimum Gasteiger partial charge on any atom is -0.463 e. The van der Waals surface area contributed by atoms with Gasteiger partial charge in [0.15, 0.2) is 11.5 Å². The van der Waals surface area contributed by atoms with Crippen molar-refractivity contribution in [2.75, 3.05) is 19.7 Å². The van der Waals surface area contributed by atoms with Crippen LogP contribution in [0.1, 0.15) is 23.8 Å². The fourth-order valence-electron chi connectivity index (χ4n) is 1.86. The summed E-state index contributed by atoms with van der Waals surface area (Å²) >= 11 is 0. The van der Waals surface area contributed by atoms with Crippen LogP contribution in [0.5, 0.6) is 0 Å². The maximum atomic E-state index is 12.2. The molecule has 0 saturated carbocycles. The molecule has 2 rings (SSSR count). The van der Waals surface area contributed by atoms with Crippen LogP contribution in [0.25, 0.3) is 11.5 Å². The van der Waals surface area contributed by atoms with Gasteiger partial charge in [0.05, 0.1) is 12.9 Å². The van der Waals surface area contributed by atoms with Crippen molar-refractivity contribution in [2.45, 2.75) is 13.3 Å². The second-order valence-electron chi connectivity index (χ2n) is 4.16. The SMILES string of the molecule is CCCN(CCO)C(=O)c1cc(-c2ccco2)[nH]n1. The van der Waals surface area contributed by atoms with Crippen molar-refractivity contribution in [3.05, 3.63) is 30.2 Å². The Hall–Kier alpha value is -2.08. The third-order valence-electron chi connectivity index (χ3n) is 2.73. The highest BCUT2D eigenvalue weighted by atomic mass is 16.3. The highest BCUT2D eigenvalue weighted by Gasteiger charge is 2.18. The molecular formula is C13H17N3O3. The van der Waals surface area contributed by atoms with Crippen LogP contribution in [-0.4, -0.2) is 45.8 Å². The predicted molar refractivity (Wildman–Crippen MR) is 69.6 cm³/mol. The number of carbonyl (C=O) groups is 1. The van der Waals surface area contributed by atoms with E-state index in [1.165, 1.54) is 0 Å². The van der Waals surface area contributed by atoms with Gasteiger partial charge in [-0.05, 0) is 18.6 Å². The van der Waals surface area contributed by atoms with Crippen LogP contribution in [0.15, 0.2) is 28.9 Å². The Bertz CT molecular complexity index is 513. The lowest BCUT2D eigenvalue weighted by molar-refractivity contribution is 0.0716. The number of rotatable bonds is 6. The van der Waals surface area contributed by atoms with E-state index in [-0.39, 0.29) is 12.5 Å². The number of hydrogen-bond donors (Lipinski definition) is 2. The summed E-state index contributed by atoms with van der Waals surface area (Å²) in [5.41, 5.74) is 0.988. The van der Waals surface area contributed by atoms with Gasteiger partial charge in [-0.25, -0.2) is 0 Å². The van der Waals surface area contributed by atoms with Crippen LogP contribution in [0.4, 0.5) is 0 Å². The monoisotopic (exact) mass is 263 g/mol. The Kier molecular flexibility index (Phi) is 4.35. The Labute approximate surface area is 111 Å². The highest BCUT2D eigenvalue weighted by Crippen LogP contribution is 2.18. The van der Waals surface area contributed by atoms with E-state index < -0.39 is 0 Å². The Balaban J connectivity index is 2.14.